The Morgan fingerprint density at radius 1 is 1.13 bits per heavy atom. The van der Waals surface area contributed by atoms with Crippen LogP contribution in [0.4, 0.5) is 11.4 Å². The van der Waals surface area contributed by atoms with Gasteiger partial charge in [0.2, 0.25) is 5.91 Å². The number of carbonyl (C=O) groups excluding carboxylic acids is 1. The molecule has 0 bridgehead atoms. The zero-order chi connectivity index (χ0) is 21.5. The second-order valence-electron chi connectivity index (χ2n) is 7.18. The summed E-state index contributed by atoms with van der Waals surface area (Å²) < 4.78 is 5.18. The van der Waals surface area contributed by atoms with Crippen LogP contribution in [0.5, 0.6) is 5.75 Å². The first-order valence-electron chi connectivity index (χ1n) is 9.76. The summed E-state index contributed by atoms with van der Waals surface area (Å²) in [7, 11) is 1.46. The second-order valence-corrected chi connectivity index (χ2v) is 7.62. The van der Waals surface area contributed by atoms with Crippen molar-refractivity contribution in [3.63, 3.8) is 0 Å². The summed E-state index contributed by atoms with van der Waals surface area (Å²) in [4.78, 5) is 27.5. The lowest BCUT2D eigenvalue weighted by Gasteiger charge is -2.34. The van der Waals surface area contributed by atoms with Crippen LogP contribution in [0.25, 0.3) is 0 Å². The largest absolute Gasteiger partial charge is 0.495 e. The Kier molecular flexibility index (Phi) is 7.62. The smallest absolute Gasteiger partial charge is 0.271 e. The Labute approximate surface area is 180 Å². The Morgan fingerprint density at radius 2 is 1.80 bits per heavy atom. The zero-order valence-electron chi connectivity index (χ0n) is 16.8. The number of nitrogens with zero attached hydrogens (tertiary/aromatic N) is 3. The number of anilines is 1. The van der Waals surface area contributed by atoms with Gasteiger partial charge in [0.25, 0.3) is 5.69 Å². The van der Waals surface area contributed by atoms with E-state index in [9.17, 15) is 14.9 Å². The third-order valence-electron chi connectivity index (χ3n) is 5.11. The minimum atomic E-state index is -0.501. The van der Waals surface area contributed by atoms with Crippen LogP contribution in [0, 0.1) is 10.1 Å². The number of hydrogen-bond donors (Lipinski definition) is 1. The number of nitro benzene ring substituents is 1. The summed E-state index contributed by atoms with van der Waals surface area (Å²) in [6, 6.07) is 12.0. The molecule has 0 saturated carbocycles. The van der Waals surface area contributed by atoms with Crippen LogP contribution < -0.4 is 10.1 Å². The molecule has 1 heterocycles. The lowest BCUT2D eigenvalue weighted by Crippen LogP contribution is -2.46. The number of carbonyl (C=O) groups is 1. The van der Waals surface area contributed by atoms with E-state index in [0.717, 1.165) is 37.7 Å². The highest BCUT2D eigenvalue weighted by Gasteiger charge is 2.19. The summed E-state index contributed by atoms with van der Waals surface area (Å²) >= 11 is 5.93. The summed E-state index contributed by atoms with van der Waals surface area (Å²) in [5.74, 6) is 0.196. The Bertz CT molecular complexity index is 883. The van der Waals surface area contributed by atoms with Crippen LogP contribution in [-0.2, 0) is 11.3 Å². The van der Waals surface area contributed by atoms with Crippen molar-refractivity contribution in [1.29, 1.82) is 0 Å². The number of rotatable bonds is 8. The Balaban J connectivity index is 1.44. The van der Waals surface area contributed by atoms with Gasteiger partial charge in [0.05, 0.1) is 17.7 Å². The number of ether oxygens (including phenoxy) is 1. The number of halogens is 1. The Morgan fingerprint density at radius 3 is 2.43 bits per heavy atom. The maximum absolute atomic E-state index is 12.4. The number of non-ortho nitro benzene ring substituents is 1. The lowest BCUT2D eigenvalue weighted by atomic mass is 10.2. The van der Waals surface area contributed by atoms with E-state index < -0.39 is 4.92 Å². The minimum Gasteiger partial charge on any atom is -0.495 e. The molecule has 2 aromatic rings. The van der Waals surface area contributed by atoms with E-state index >= 15 is 0 Å². The van der Waals surface area contributed by atoms with Gasteiger partial charge in [0.1, 0.15) is 5.75 Å². The summed E-state index contributed by atoms with van der Waals surface area (Å²) in [5.41, 5.74) is 1.45. The SMILES string of the molecule is COc1ccc([N+](=O)[O-])cc1NC(=O)CCN1CCN(Cc2ccc(Cl)cc2)CC1. The average Bonchev–Trinajstić information content (AvgIpc) is 2.75. The van der Waals surface area contributed by atoms with Gasteiger partial charge in [-0.2, -0.15) is 0 Å². The van der Waals surface area contributed by atoms with Gasteiger partial charge < -0.3 is 15.0 Å². The van der Waals surface area contributed by atoms with Crippen molar-refractivity contribution in [1.82, 2.24) is 9.80 Å². The van der Waals surface area contributed by atoms with Gasteiger partial charge in [-0.1, -0.05) is 23.7 Å². The third-order valence-corrected chi connectivity index (χ3v) is 5.36. The van der Waals surface area contributed by atoms with Crippen molar-refractivity contribution in [2.45, 2.75) is 13.0 Å². The molecule has 1 saturated heterocycles. The summed E-state index contributed by atoms with van der Waals surface area (Å²) in [6.07, 6.45) is 0.309. The molecule has 1 amide bonds. The fourth-order valence-electron chi connectivity index (χ4n) is 3.40. The number of methoxy groups -OCH3 is 1. The molecule has 1 aliphatic rings. The van der Waals surface area contributed by atoms with Crippen molar-refractivity contribution in [3.05, 3.63) is 63.2 Å². The molecule has 3 rings (SSSR count). The van der Waals surface area contributed by atoms with Crippen molar-refractivity contribution >= 4 is 28.9 Å². The summed E-state index contributed by atoms with van der Waals surface area (Å²) in [5, 5.41) is 14.4. The maximum atomic E-state index is 12.4. The standard InChI is InChI=1S/C21H25ClN4O4/c1-30-20-7-6-18(26(28)29)14-19(20)23-21(27)8-9-24-10-12-25(13-11-24)15-16-2-4-17(22)5-3-16/h2-7,14H,8-13,15H2,1H3,(H,23,27). The Hall–Kier alpha value is -2.68. The fraction of sp³-hybridized carbons (Fsp3) is 0.381. The van der Waals surface area contributed by atoms with Crippen LogP contribution in [0.2, 0.25) is 5.02 Å². The van der Waals surface area contributed by atoms with Gasteiger partial charge in [0.15, 0.2) is 0 Å². The summed E-state index contributed by atoms with van der Waals surface area (Å²) in [6.45, 7) is 5.17. The molecule has 0 aliphatic carbocycles. The van der Waals surface area contributed by atoms with Gasteiger partial charge in [0, 0.05) is 62.8 Å². The molecule has 1 aliphatic heterocycles. The molecule has 0 radical (unpaired) electrons. The van der Waals surface area contributed by atoms with Gasteiger partial charge in [-0.3, -0.25) is 19.8 Å². The first kappa shape index (κ1) is 22.0. The predicted molar refractivity (Wildman–Crippen MR) is 116 cm³/mol. The molecule has 0 spiro atoms. The minimum absolute atomic E-state index is 0.0945. The van der Waals surface area contributed by atoms with Gasteiger partial charge >= 0.3 is 0 Å². The van der Waals surface area contributed by atoms with Crippen molar-refractivity contribution in [3.8, 4) is 5.75 Å². The van der Waals surface area contributed by atoms with Gasteiger partial charge in [-0.15, -0.1) is 0 Å². The van der Waals surface area contributed by atoms with Crippen molar-refractivity contribution < 1.29 is 14.5 Å². The van der Waals surface area contributed by atoms with E-state index in [2.05, 4.69) is 15.1 Å². The van der Waals surface area contributed by atoms with Gasteiger partial charge in [-0.05, 0) is 23.8 Å². The van der Waals surface area contributed by atoms with E-state index in [-0.39, 0.29) is 11.6 Å². The molecule has 2 aromatic carbocycles. The molecule has 0 atom stereocenters. The highest BCUT2D eigenvalue weighted by Crippen LogP contribution is 2.29. The predicted octanol–water partition coefficient (Wildman–Crippen LogP) is 3.40. The quantitative estimate of drug-likeness (QED) is 0.508. The van der Waals surface area contributed by atoms with E-state index in [0.29, 0.717) is 24.4 Å². The van der Waals surface area contributed by atoms with Crippen molar-refractivity contribution in [2.75, 3.05) is 45.2 Å². The average molecular weight is 433 g/mol. The first-order chi connectivity index (χ1) is 14.4. The molecule has 160 valence electrons. The first-order valence-corrected chi connectivity index (χ1v) is 10.1. The second kappa shape index (κ2) is 10.4. The van der Waals surface area contributed by atoms with Crippen molar-refractivity contribution in [2.24, 2.45) is 0 Å². The number of amides is 1. The fourth-order valence-corrected chi connectivity index (χ4v) is 3.52. The molecule has 8 nitrogen and oxygen atoms in total. The molecular weight excluding hydrogens is 408 g/mol. The van der Waals surface area contributed by atoms with Crippen LogP contribution in [0.15, 0.2) is 42.5 Å². The molecule has 1 fully saturated rings. The topological polar surface area (TPSA) is 87.9 Å². The monoisotopic (exact) mass is 432 g/mol. The normalized spacial score (nSPS) is 15.0. The third kappa shape index (κ3) is 6.16. The highest BCUT2D eigenvalue weighted by atomic mass is 35.5. The molecule has 0 unspecified atom stereocenters. The lowest BCUT2D eigenvalue weighted by molar-refractivity contribution is -0.384. The van der Waals surface area contributed by atoms with E-state index in [1.54, 1.807) is 0 Å². The molecule has 0 aromatic heterocycles. The number of benzene rings is 2. The number of piperazine rings is 1. The van der Waals surface area contributed by atoms with E-state index in [1.165, 1.54) is 30.9 Å². The molecular formula is C21H25ClN4O4. The number of hydrogen-bond acceptors (Lipinski definition) is 6. The molecule has 9 heteroatoms. The van der Waals surface area contributed by atoms with E-state index in [4.69, 9.17) is 16.3 Å². The molecule has 30 heavy (non-hydrogen) atoms. The van der Waals surface area contributed by atoms with E-state index in [1.807, 2.05) is 24.3 Å². The van der Waals surface area contributed by atoms with Gasteiger partial charge in [-0.25, -0.2) is 0 Å². The number of nitro groups is 1. The maximum Gasteiger partial charge on any atom is 0.271 e. The van der Waals surface area contributed by atoms with Crippen LogP contribution in [-0.4, -0.2) is 60.5 Å². The number of nitrogens with one attached hydrogen (secondary N) is 1. The van der Waals surface area contributed by atoms with Crippen LogP contribution in [0.1, 0.15) is 12.0 Å². The zero-order valence-corrected chi connectivity index (χ0v) is 17.6. The molecule has 1 N–H and O–H groups in total. The highest BCUT2D eigenvalue weighted by molar-refractivity contribution is 6.30. The van der Waals surface area contributed by atoms with Crippen LogP contribution >= 0.6 is 11.6 Å². The van der Waals surface area contributed by atoms with Crippen LogP contribution in [0.3, 0.4) is 0 Å².